The summed E-state index contributed by atoms with van der Waals surface area (Å²) in [5, 5.41) is 9.54. The maximum absolute atomic E-state index is 11.5. The quantitative estimate of drug-likeness (QED) is 0.581. The number of aromatic nitrogens is 2. The Labute approximate surface area is 96.7 Å². The van der Waals surface area contributed by atoms with Gasteiger partial charge in [0.1, 0.15) is 0 Å². The van der Waals surface area contributed by atoms with Crippen molar-refractivity contribution in [1.29, 1.82) is 0 Å². The number of hydrazone groups is 1. The predicted molar refractivity (Wildman–Crippen MR) is 62.7 cm³/mol. The largest absolute Gasteiger partial charge is 0.291 e. The third-order valence-electron chi connectivity index (χ3n) is 2.11. The van der Waals surface area contributed by atoms with Gasteiger partial charge in [-0.3, -0.25) is 9.59 Å². The first-order valence-corrected chi connectivity index (χ1v) is 5.00. The maximum atomic E-state index is 11.5. The van der Waals surface area contributed by atoms with Crippen LogP contribution < -0.4 is 11.0 Å². The van der Waals surface area contributed by atoms with E-state index in [4.69, 9.17) is 0 Å². The molecule has 0 fully saturated rings. The second kappa shape index (κ2) is 5.02. The molecule has 1 aromatic heterocycles. The minimum absolute atomic E-state index is 0.111. The van der Waals surface area contributed by atoms with E-state index in [0.29, 0.717) is 0 Å². The minimum Gasteiger partial charge on any atom is -0.268 e. The lowest BCUT2D eigenvalue weighted by atomic mass is 10.3. The number of carbonyl (C=O) groups excluding carboxylic acids is 1. The van der Waals surface area contributed by atoms with Crippen LogP contribution in [0.4, 0.5) is 0 Å². The molecule has 1 heterocycles. The monoisotopic (exact) mass is 230 g/mol. The summed E-state index contributed by atoms with van der Waals surface area (Å²) >= 11 is 0. The number of rotatable bonds is 3. The Hall–Kier alpha value is -2.50. The Morgan fingerprint density at radius 2 is 2.41 bits per heavy atom. The van der Waals surface area contributed by atoms with Crippen molar-refractivity contribution < 1.29 is 4.79 Å². The summed E-state index contributed by atoms with van der Waals surface area (Å²) in [5.74, 6) is -0.468. The van der Waals surface area contributed by atoms with Gasteiger partial charge in [0.25, 0.3) is 11.5 Å². The highest BCUT2D eigenvalue weighted by atomic mass is 16.2. The summed E-state index contributed by atoms with van der Waals surface area (Å²) in [4.78, 5) is 22.2. The van der Waals surface area contributed by atoms with Crippen LogP contribution in [0, 0.1) is 0 Å². The van der Waals surface area contributed by atoms with Crippen LogP contribution in [0.25, 0.3) is 0 Å². The SMILES string of the molecule is O=C(NN=CC1=CC=CC1)c1ccc(=O)[nH]n1. The highest BCUT2D eigenvalue weighted by Crippen LogP contribution is 2.06. The maximum Gasteiger partial charge on any atom is 0.291 e. The van der Waals surface area contributed by atoms with Crippen LogP contribution in [0.15, 0.2) is 45.8 Å². The summed E-state index contributed by atoms with van der Waals surface area (Å²) in [5.41, 5.74) is 3.09. The van der Waals surface area contributed by atoms with Crippen LogP contribution in [-0.2, 0) is 0 Å². The number of carbonyl (C=O) groups is 1. The van der Waals surface area contributed by atoms with Crippen LogP contribution in [0.1, 0.15) is 16.9 Å². The Balaban J connectivity index is 1.93. The molecular formula is C11H10N4O2. The smallest absolute Gasteiger partial charge is 0.268 e. The molecule has 0 unspecified atom stereocenters. The molecule has 0 atom stereocenters. The number of H-pyrrole nitrogens is 1. The topological polar surface area (TPSA) is 87.2 Å². The average molecular weight is 230 g/mol. The summed E-state index contributed by atoms with van der Waals surface area (Å²) in [7, 11) is 0. The van der Waals surface area contributed by atoms with Crippen LogP contribution in [0.3, 0.4) is 0 Å². The first-order valence-electron chi connectivity index (χ1n) is 5.00. The van der Waals surface area contributed by atoms with Gasteiger partial charge in [-0.05, 0) is 18.1 Å². The van der Waals surface area contributed by atoms with Gasteiger partial charge >= 0.3 is 0 Å². The fraction of sp³-hybridized carbons (Fsp3) is 0.0909. The zero-order chi connectivity index (χ0) is 12.1. The van der Waals surface area contributed by atoms with Gasteiger partial charge in [0.2, 0.25) is 0 Å². The standard InChI is InChI=1S/C11H10N4O2/c16-10-6-5-9(13-14-10)11(17)15-12-7-8-3-1-2-4-8/h1-3,5-7H,4H2,(H,14,16)(H,15,17). The summed E-state index contributed by atoms with van der Waals surface area (Å²) < 4.78 is 0. The van der Waals surface area contributed by atoms with Gasteiger partial charge in [-0.2, -0.15) is 10.2 Å². The first-order chi connectivity index (χ1) is 8.25. The van der Waals surface area contributed by atoms with Crippen LogP contribution in [-0.4, -0.2) is 22.3 Å². The van der Waals surface area contributed by atoms with Crippen molar-refractivity contribution in [2.45, 2.75) is 6.42 Å². The van der Waals surface area contributed by atoms with E-state index in [1.165, 1.54) is 12.1 Å². The van der Waals surface area contributed by atoms with Crippen LogP contribution in [0.2, 0.25) is 0 Å². The van der Waals surface area contributed by atoms with Gasteiger partial charge < -0.3 is 0 Å². The summed E-state index contributed by atoms with van der Waals surface area (Å²) in [6, 6.07) is 2.56. The van der Waals surface area contributed by atoms with Gasteiger partial charge in [0.15, 0.2) is 5.69 Å². The number of hydrogen-bond acceptors (Lipinski definition) is 4. The highest BCUT2D eigenvalue weighted by Gasteiger charge is 2.05. The Kier molecular flexibility index (Phi) is 3.25. The van der Waals surface area contributed by atoms with Gasteiger partial charge in [0, 0.05) is 6.07 Å². The van der Waals surface area contributed by atoms with E-state index in [0.717, 1.165) is 12.0 Å². The number of amides is 1. The Morgan fingerprint density at radius 1 is 1.53 bits per heavy atom. The van der Waals surface area contributed by atoms with Crippen molar-refractivity contribution in [2.24, 2.45) is 5.10 Å². The van der Waals surface area contributed by atoms with E-state index in [9.17, 15) is 9.59 Å². The molecule has 1 aliphatic rings. The fourth-order valence-corrected chi connectivity index (χ4v) is 1.26. The van der Waals surface area contributed by atoms with E-state index in [2.05, 4.69) is 20.7 Å². The average Bonchev–Trinajstić information content (AvgIpc) is 2.83. The van der Waals surface area contributed by atoms with Crippen LogP contribution in [0.5, 0.6) is 0 Å². The summed E-state index contributed by atoms with van der Waals surface area (Å²) in [6.07, 6.45) is 8.22. The van der Waals surface area contributed by atoms with E-state index in [-0.39, 0.29) is 11.3 Å². The second-order valence-electron chi connectivity index (χ2n) is 3.38. The van der Waals surface area contributed by atoms with Gasteiger partial charge in [-0.1, -0.05) is 18.2 Å². The minimum atomic E-state index is -0.468. The zero-order valence-corrected chi connectivity index (χ0v) is 8.88. The Bertz CT molecular complexity index is 549. The third kappa shape index (κ3) is 2.97. The molecule has 1 aliphatic carbocycles. The zero-order valence-electron chi connectivity index (χ0n) is 8.88. The number of nitrogens with one attached hydrogen (secondary N) is 2. The number of nitrogens with zero attached hydrogens (tertiary/aromatic N) is 2. The number of aromatic amines is 1. The van der Waals surface area contributed by atoms with Crippen molar-refractivity contribution in [2.75, 3.05) is 0 Å². The highest BCUT2D eigenvalue weighted by molar-refractivity contribution is 5.92. The van der Waals surface area contributed by atoms with E-state index in [1.807, 2.05) is 18.2 Å². The molecule has 0 bridgehead atoms. The molecular weight excluding hydrogens is 220 g/mol. The van der Waals surface area contributed by atoms with Crippen molar-refractivity contribution >= 4 is 12.1 Å². The normalized spacial score (nSPS) is 14.0. The van der Waals surface area contributed by atoms with E-state index >= 15 is 0 Å². The number of hydrogen-bond donors (Lipinski definition) is 2. The molecule has 6 nitrogen and oxygen atoms in total. The predicted octanol–water partition coefficient (Wildman–Crippen LogP) is 0.372. The van der Waals surface area contributed by atoms with E-state index in [1.54, 1.807) is 6.21 Å². The van der Waals surface area contributed by atoms with Gasteiger partial charge in [-0.25, -0.2) is 10.5 Å². The van der Waals surface area contributed by atoms with Gasteiger partial charge in [0.05, 0.1) is 6.21 Å². The lowest BCUT2D eigenvalue weighted by molar-refractivity contribution is 0.0949. The second-order valence-corrected chi connectivity index (χ2v) is 3.38. The van der Waals surface area contributed by atoms with Crippen molar-refractivity contribution in [3.8, 4) is 0 Å². The molecule has 6 heteroatoms. The van der Waals surface area contributed by atoms with Crippen molar-refractivity contribution in [3.05, 3.63) is 52.0 Å². The van der Waals surface area contributed by atoms with E-state index < -0.39 is 5.91 Å². The molecule has 1 aromatic rings. The molecule has 0 spiro atoms. The molecule has 0 radical (unpaired) electrons. The summed E-state index contributed by atoms with van der Waals surface area (Å²) in [6.45, 7) is 0. The lowest BCUT2D eigenvalue weighted by Gasteiger charge is -1.97. The lowest BCUT2D eigenvalue weighted by Crippen LogP contribution is -2.21. The van der Waals surface area contributed by atoms with Crippen molar-refractivity contribution in [3.63, 3.8) is 0 Å². The Morgan fingerprint density at radius 3 is 3.06 bits per heavy atom. The van der Waals surface area contributed by atoms with Gasteiger partial charge in [-0.15, -0.1) is 0 Å². The van der Waals surface area contributed by atoms with Crippen LogP contribution >= 0.6 is 0 Å². The molecule has 17 heavy (non-hydrogen) atoms. The molecule has 0 aliphatic heterocycles. The molecule has 86 valence electrons. The molecule has 0 saturated heterocycles. The molecule has 0 saturated carbocycles. The molecule has 2 rings (SSSR count). The van der Waals surface area contributed by atoms with Crippen molar-refractivity contribution in [1.82, 2.24) is 15.6 Å². The molecule has 2 N–H and O–H groups in total. The third-order valence-corrected chi connectivity index (χ3v) is 2.11. The fourth-order valence-electron chi connectivity index (χ4n) is 1.26. The number of allylic oxidation sites excluding steroid dienone is 4. The molecule has 0 aromatic carbocycles. The molecule has 1 amide bonds. The first kappa shape index (κ1) is 11.0.